The van der Waals surface area contributed by atoms with E-state index in [9.17, 15) is 9.59 Å². The van der Waals surface area contributed by atoms with Crippen LogP contribution in [0.4, 0.5) is 4.79 Å². The van der Waals surface area contributed by atoms with Gasteiger partial charge in [0.15, 0.2) is 0 Å². The average molecular weight is 240 g/mol. The van der Waals surface area contributed by atoms with Gasteiger partial charge in [-0.15, -0.1) is 0 Å². The first kappa shape index (κ1) is 13.0. The van der Waals surface area contributed by atoms with Gasteiger partial charge < -0.3 is 15.3 Å². The molecule has 0 unspecified atom stereocenters. The van der Waals surface area contributed by atoms with Gasteiger partial charge in [0.2, 0.25) is 0 Å². The number of aliphatic carboxylic acids is 1. The first-order chi connectivity index (χ1) is 7.99. The largest absolute Gasteiger partial charge is 0.480 e. The minimum absolute atomic E-state index is 0.310. The summed E-state index contributed by atoms with van der Waals surface area (Å²) in [5.41, 5.74) is 0.883. The number of aromatic nitrogens is 2. The van der Waals surface area contributed by atoms with Crippen molar-refractivity contribution in [3.05, 3.63) is 18.0 Å². The maximum absolute atomic E-state index is 11.4. The third-order valence-electron chi connectivity index (χ3n) is 2.15. The fourth-order valence-corrected chi connectivity index (χ4v) is 1.30. The molecule has 1 aromatic heterocycles. The van der Waals surface area contributed by atoms with Gasteiger partial charge in [-0.1, -0.05) is 0 Å². The van der Waals surface area contributed by atoms with Crippen molar-refractivity contribution in [3.63, 3.8) is 0 Å². The molecule has 2 N–H and O–H groups in total. The number of aryl methyl sites for hydroxylation is 1. The van der Waals surface area contributed by atoms with Crippen LogP contribution in [0, 0.1) is 0 Å². The molecule has 0 aliphatic carbocycles. The molecule has 7 heteroatoms. The van der Waals surface area contributed by atoms with Gasteiger partial charge in [-0.05, 0) is 6.07 Å². The Morgan fingerprint density at radius 1 is 1.59 bits per heavy atom. The van der Waals surface area contributed by atoms with Crippen LogP contribution in [0.15, 0.2) is 12.3 Å². The van der Waals surface area contributed by atoms with Crippen molar-refractivity contribution in [2.24, 2.45) is 7.05 Å². The monoisotopic (exact) mass is 240 g/mol. The molecule has 1 aromatic rings. The molecular weight excluding hydrogens is 224 g/mol. The zero-order valence-corrected chi connectivity index (χ0v) is 9.88. The maximum Gasteiger partial charge on any atom is 0.323 e. The van der Waals surface area contributed by atoms with Crippen LogP contribution in [0.1, 0.15) is 5.69 Å². The van der Waals surface area contributed by atoms with Crippen molar-refractivity contribution in [2.75, 3.05) is 20.1 Å². The Labute approximate surface area is 99.0 Å². The highest BCUT2D eigenvalue weighted by atomic mass is 16.4. The van der Waals surface area contributed by atoms with Crippen molar-refractivity contribution < 1.29 is 14.7 Å². The quantitative estimate of drug-likeness (QED) is 0.739. The van der Waals surface area contributed by atoms with E-state index in [1.54, 1.807) is 4.68 Å². The average Bonchev–Trinajstić information content (AvgIpc) is 2.63. The lowest BCUT2D eigenvalue weighted by Crippen LogP contribution is -2.40. The molecule has 2 amide bonds. The minimum Gasteiger partial charge on any atom is -0.480 e. The lowest BCUT2D eigenvalue weighted by molar-refractivity contribution is -0.137. The second kappa shape index (κ2) is 5.88. The Balaban J connectivity index is 2.26. The van der Waals surface area contributed by atoms with E-state index in [0.717, 1.165) is 10.6 Å². The number of hydrogen-bond donors (Lipinski definition) is 2. The normalized spacial score (nSPS) is 10.0. The van der Waals surface area contributed by atoms with Crippen LogP contribution in [-0.2, 0) is 18.3 Å². The number of rotatable bonds is 5. The van der Waals surface area contributed by atoms with E-state index in [0.29, 0.717) is 13.0 Å². The zero-order valence-electron chi connectivity index (χ0n) is 9.88. The summed E-state index contributed by atoms with van der Waals surface area (Å²) in [6, 6.07) is 1.47. The summed E-state index contributed by atoms with van der Waals surface area (Å²) in [5, 5.41) is 15.3. The molecule has 0 saturated heterocycles. The number of likely N-dealkylation sites (N-methyl/N-ethyl adjacent to an activating group) is 1. The first-order valence-electron chi connectivity index (χ1n) is 5.18. The van der Waals surface area contributed by atoms with E-state index in [2.05, 4.69) is 10.4 Å². The molecule has 0 atom stereocenters. The number of carbonyl (C=O) groups excluding carboxylic acids is 1. The number of carboxylic acid groups (broad SMARTS) is 1. The number of hydrogen-bond acceptors (Lipinski definition) is 3. The third kappa shape index (κ3) is 4.54. The van der Waals surface area contributed by atoms with Crippen LogP contribution in [0.2, 0.25) is 0 Å². The Kier molecular flexibility index (Phi) is 4.50. The summed E-state index contributed by atoms with van der Waals surface area (Å²) >= 11 is 0. The molecule has 0 saturated carbocycles. The van der Waals surface area contributed by atoms with Crippen LogP contribution in [0.3, 0.4) is 0 Å². The molecule has 0 aliphatic rings. The molecule has 0 aliphatic heterocycles. The van der Waals surface area contributed by atoms with Gasteiger partial charge in [0.1, 0.15) is 6.54 Å². The van der Waals surface area contributed by atoms with Crippen molar-refractivity contribution in [2.45, 2.75) is 6.42 Å². The molecular formula is C10H16N4O3. The van der Waals surface area contributed by atoms with Crippen LogP contribution in [0.25, 0.3) is 0 Å². The topological polar surface area (TPSA) is 87.5 Å². The second-order valence-corrected chi connectivity index (χ2v) is 3.71. The van der Waals surface area contributed by atoms with E-state index in [4.69, 9.17) is 5.11 Å². The molecule has 0 radical (unpaired) electrons. The van der Waals surface area contributed by atoms with Crippen molar-refractivity contribution in [3.8, 4) is 0 Å². The number of carbonyl (C=O) groups is 2. The highest BCUT2D eigenvalue weighted by Crippen LogP contribution is 1.94. The van der Waals surface area contributed by atoms with E-state index < -0.39 is 12.0 Å². The van der Waals surface area contributed by atoms with Gasteiger partial charge in [-0.2, -0.15) is 5.10 Å². The van der Waals surface area contributed by atoms with Gasteiger partial charge >= 0.3 is 12.0 Å². The highest BCUT2D eigenvalue weighted by molar-refractivity contribution is 5.79. The smallest absolute Gasteiger partial charge is 0.323 e. The van der Waals surface area contributed by atoms with Crippen LogP contribution >= 0.6 is 0 Å². The lowest BCUT2D eigenvalue weighted by atomic mass is 10.3. The van der Waals surface area contributed by atoms with Crippen LogP contribution in [-0.4, -0.2) is 51.9 Å². The minimum atomic E-state index is -1.03. The summed E-state index contributed by atoms with van der Waals surface area (Å²) < 4.78 is 1.69. The predicted molar refractivity (Wildman–Crippen MR) is 60.6 cm³/mol. The van der Waals surface area contributed by atoms with Gasteiger partial charge in [0.05, 0.1) is 5.69 Å². The van der Waals surface area contributed by atoms with Gasteiger partial charge in [-0.3, -0.25) is 9.48 Å². The Morgan fingerprint density at radius 3 is 2.82 bits per heavy atom. The SMILES string of the molecule is CN(CC(=O)O)C(=O)NCCc1ccn(C)n1. The Hall–Kier alpha value is -2.05. The number of amides is 2. The summed E-state index contributed by atoms with van der Waals surface area (Å²) in [6.07, 6.45) is 2.45. The molecule has 0 fully saturated rings. The first-order valence-corrected chi connectivity index (χ1v) is 5.18. The van der Waals surface area contributed by atoms with Gasteiger partial charge in [0.25, 0.3) is 0 Å². The van der Waals surface area contributed by atoms with Crippen LogP contribution in [0.5, 0.6) is 0 Å². The number of urea groups is 1. The fourth-order valence-electron chi connectivity index (χ4n) is 1.30. The zero-order chi connectivity index (χ0) is 12.8. The molecule has 0 bridgehead atoms. The van der Waals surface area contributed by atoms with Crippen molar-refractivity contribution in [1.82, 2.24) is 20.0 Å². The van der Waals surface area contributed by atoms with Gasteiger partial charge in [0, 0.05) is 33.3 Å². The van der Waals surface area contributed by atoms with Crippen molar-refractivity contribution >= 4 is 12.0 Å². The fraction of sp³-hybridized carbons (Fsp3) is 0.500. The highest BCUT2D eigenvalue weighted by Gasteiger charge is 2.10. The molecule has 1 rings (SSSR count). The summed E-state index contributed by atoms with van der Waals surface area (Å²) in [7, 11) is 3.26. The molecule has 17 heavy (non-hydrogen) atoms. The van der Waals surface area contributed by atoms with E-state index in [1.807, 2.05) is 19.3 Å². The standard InChI is InChI=1S/C10H16N4O3/c1-13(7-9(15)16)10(17)11-5-3-8-4-6-14(2)12-8/h4,6H,3,5,7H2,1-2H3,(H,11,17)(H,15,16). The van der Waals surface area contributed by atoms with E-state index >= 15 is 0 Å². The van der Waals surface area contributed by atoms with Crippen molar-refractivity contribution in [1.29, 1.82) is 0 Å². The van der Waals surface area contributed by atoms with Gasteiger partial charge in [-0.25, -0.2) is 4.79 Å². The summed E-state index contributed by atoms with van der Waals surface area (Å²) in [6.45, 7) is 0.120. The molecule has 1 heterocycles. The molecule has 94 valence electrons. The lowest BCUT2D eigenvalue weighted by Gasteiger charge is -2.15. The third-order valence-corrected chi connectivity index (χ3v) is 2.15. The second-order valence-electron chi connectivity index (χ2n) is 3.71. The predicted octanol–water partition coefficient (Wildman–Crippen LogP) is -0.311. The molecule has 0 aromatic carbocycles. The van der Waals surface area contributed by atoms with E-state index in [1.165, 1.54) is 7.05 Å². The number of nitrogens with one attached hydrogen (secondary N) is 1. The molecule has 0 spiro atoms. The maximum atomic E-state index is 11.4. The Morgan fingerprint density at radius 2 is 2.29 bits per heavy atom. The van der Waals surface area contributed by atoms with E-state index in [-0.39, 0.29) is 6.54 Å². The van der Waals surface area contributed by atoms with Crippen LogP contribution < -0.4 is 5.32 Å². The summed E-state index contributed by atoms with van der Waals surface area (Å²) in [4.78, 5) is 22.9. The number of carboxylic acids is 1. The number of nitrogens with zero attached hydrogens (tertiary/aromatic N) is 3. The Bertz CT molecular complexity index is 402. The summed E-state index contributed by atoms with van der Waals surface area (Å²) in [5.74, 6) is -1.03. The molecule has 7 nitrogen and oxygen atoms in total.